The van der Waals surface area contributed by atoms with Crippen LogP contribution in [-0.4, -0.2) is 27.5 Å². The summed E-state index contributed by atoms with van der Waals surface area (Å²) in [6.07, 6.45) is 0. The summed E-state index contributed by atoms with van der Waals surface area (Å²) in [4.78, 5) is 11.8. The molecule has 0 aromatic heterocycles. The van der Waals surface area contributed by atoms with E-state index in [2.05, 4.69) is 15.9 Å². The van der Waals surface area contributed by atoms with Gasteiger partial charge in [-0.15, -0.1) is 0 Å². The summed E-state index contributed by atoms with van der Waals surface area (Å²) in [5.74, 6) is -1.20. The Kier molecular flexibility index (Phi) is 5.95. The van der Waals surface area contributed by atoms with E-state index < -0.39 is 28.4 Å². The number of esters is 1. The van der Waals surface area contributed by atoms with E-state index in [0.29, 0.717) is 4.47 Å². The summed E-state index contributed by atoms with van der Waals surface area (Å²) in [6.45, 7) is 1.25. The van der Waals surface area contributed by atoms with E-state index in [0.717, 1.165) is 16.4 Å². The molecule has 0 saturated heterocycles. The molecular weight excluding hydrogens is 401 g/mol. The molecule has 0 radical (unpaired) electrons. The minimum Gasteiger partial charge on any atom is -0.465 e. The second-order valence-corrected chi connectivity index (χ2v) is 7.53. The maximum absolute atomic E-state index is 13.1. The zero-order valence-electron chi connectivity index (χ0n) is 12.8. The molecule has 0 bridgehead atoms. The highest BCUT2D eigenvalue weighted by Gasteiger charge is 2.27. The molecule has 8 heteroatoms. The molecule has 24 heavy (non-hydrogen) atoms. The Bertz CT molecular complexity index is 824. The van der Waals surface area contributed by atoms with Gasteiger partial charge in [0.15, 0.2) is 0 Å². The number of rotatable bonds is 6. The van der Waals surface area contributed by atoms with Crippen LogP contribution >= 0.6 is 15.9 Å². The number of ether oxygens (including phenoxy) is 1. The highest BCUT2D eigenvalue weighted by Crippen LogP contribution is 2.25. The van der Waals surface area contributed by atoms with E-state index in [9.17, 15) is 17.6 Å². The first-order valence-corrected chi connectivity index (χ1v) is 9.27. The highest BCUT2D eigenvalue weighted by atomic mass is 79.9. The number of hydrogen-bond donors (Lipinski definition) is 0. The maximum Gasteiger partial charge on any atom is 0.326 e. The fourth-order valence-corrected chi connectivity index (χ4v) is 4.01. The zero-order valence-corrected chi connectivity index (χ0v) is 15.2. The molecule has 0 aliphatic rings. The molecule has 0 aliphatic carbocycles. The fourth-order valence-electron chi connectivity index (χ4n) is 2.00. The molecule has 0 saturated carbocycles. The van der Waals surface area contributed by atoms with Gasteiger partial charge in [0.05, 0.1) is 17.2 Å². The third kappa shape index (κ3) is 4.33. The molecule has 0 spiro atoms. The predicted octanol–water partition coefficient (Wildman–Crippen LogP) is 3.35. The number of hydrogen-bond acceptors (Lipinski definition) is 4. The van der Waals surface area contributed by atoms with Gasteiger partial charge in [0.2, 0.25) is 0 Å². The second-order valence-electron chi connectivity index (χ2n) is 4.75. The van der Waals surface area contributed by atoms with Crippen LogP contribution in [0.15, 0.2) is 57.9 Å². The van der Waals surface area contributed by atoms with E-state index in [1.807, 2.05) is 0 Å². The molecule has 0 aliphatic heterocycles. The largest absolute Gasteiger partial charge is 0.465 e. The van der Waals surface area contributed by atoms with Gasteiger partial charge in [-0.25, -0.2) is 12.8 Å². The molecule has 128 valence electrons. The Labute approximate surface area is 148 Å². The standard InChI is InChI=1S/C16H15BrFNO4S/c1-2-23-16(20)11-19(14-8-6-13(18)7-9-14)24(21,22)15-5-3-4-12(17)10-15/h3-10H,2,11H2,1H3. The topological polar surface area (TPSA) is 63.7 Å². The van der Waals surface area contributed by atoms with Crippen molar-refractivity contribution < 1.29 is 22.3 Å². The lowest BCUT2D eigenvalue weighted by Gasteiger charge is -2.23. The van der Waals surface area contributed by atoms with Crippen molar-refractivity contribution in [1.29, 1.82) is 0 Å². The van der Waals surface area contributed by atoms with Crippen molar-refractivity contribution in [3.05, 3.63) is 58.8 Å². The summed E-state index contributed by atoms with van der Waals surface area (Å²) >= 11 is 3.22. The van der Waals surface area contributed by atoms with Gasteiger partial charge in [-0.3, -0.25) is 9.10 Å². The third-order valence-corrected chi connectivity index (χ3v) is 5.34. The van der Waals surface area contributed by atoms with Gasteiger partial charge < -0.3 is 4.74 Å². The first-order valence-electron chi connectivity index (χ1n) is 7.04. The molecule has 0 atom stereocenters. The molecule has 2 rings (SSSR count). The van der Waals surface area contributed by atoms with E-state index in [-0.39, 0.29) is 17.2 Å². The highest BCUT2D eigenvalue weighted by molar-refractivity contribution is 9.10. The molecule has 2 aromatic rings. The van der Waals surface area contributed by atoms with Crippen molar-refractivity contribution in [3.8, 4) is 0 Å². The van der Waals surface area contributed by atoms with Gasteiger partial charge in [0, 0.05) is 4.47 Å². The number of halogens is 2. The number of sulfonamides is 1. The first kappa shape index (κ1) is 18.4. The summed E-state index contributed by atoms with van der Waals surface area (Å²) in [6, 6.07) is 11.0. The summed E-state index contributed by atoms with van der Waals surface area (Å²) in [7, 11) is -4.02. The molecule has 0 fully saturated rings. The minimum atomic E-state index is -4.02. The fraction of sp³-hybridized carbons (Fsp3) is 0.188. The van der Waals surface area contributed by atoms with Crippen molar-refractivity contribution in [2.75, 3.05) is 17.5 Å². The van der Waals surface area contributed by atoms with Crippen LogP contribution in [0, 0.1) is 5.82 Å². The van der Waals surface area contributed by atoms with Crippen molar-refractivity contribution in [2.24, 2.45) is 0 Å². The quantitative estimate of drug-likeness (QED) is 0.678. The van der Waals surface area contributed by atoms with Gasteiger partial charge in [-0.05, 0) is 49.4 Å². The Morgan fingerprint density at radius 2 is 1.88 bits per heavy atom. The Morgan fingerprint density at radius 3 is 2.46 bits per heavy atom. The van der Waals surface area contributed by atoms with Crippen LogP contribution in [0.1, 0.15) is 6.92 Å². The molecule has 5 nitrogen and oxygen atoms in total. The average Bonchev–Trinajstić information content (AvgIpc) is 2.54. The number of benzene rings is 2. The summed E-state index contributed by atoms with van der Waals surface area (Å²) in [5, 5.41) is 0. The van der Waals surface area contributed by atoms with Crippen LogP contribution in [0.2, 0.25) is 0 Å². The van der Waals surface area contributed by atoms with E-state index >= 15 is 0 Å². The average molecular weight is 416 g/mol. The molecule has 0 N–H and O–H groups in total. The first-order chi connectivity index (χ1) is 11.3. The Balaban J connectivity index is 2.48. The maximum atomic E-state index is 13.1. The SMILES string of the molecule is CCOC(=O)CN(c1ccc(F)cc1)S(=O)(=O)c1cccc(Br)c1. The smallest absolute Gasteiger partial charge is 0.326 e. The molecule has 0 heterocycles. The van der Waals surface area contributed by atoms with Gasteiger partial charge in [0.1, 0.15) is 12.4 Å². The number of carbonyl (C=O) groups excluding carboxylic acids is 1. The number of carbonyl (C=O) groups is 1. The van der Waals surface area contributed by atoms with Crippen molar-refractivity contribution in [3.63, 3.8) is 0 Å². The molecular formula is C16H15BrFNO4S. The molecule has 0 unspecified atom stereocenters. The van der Waals surface area contributed by atoms with Crippen LogP contribution in [-0.2, 0) is 19.6 Å². The van der Waals surface area contributed by atoms with Crippen LogP contribution in [0.25, 0.3) is 0 Å². The number of anilines is 1. The van der Waals surface area contributed by atoms with Gasteiger partial charge in [0.25, 0.3) is 10.0 Å². The normalized spacial score (nSPS) is 11.1. The summed E-state index contributed by atoms with van der Waals surface area (Å²) < 4.78 is 45.3. The molecule has 2 aromatic carbocycles. The lowest BCUT2D eigenvalue weighted by molar-refractivity contribution is -0.141. The lowest BCUT2D eigenvalue weighted by Crippen LogP contribution is -2.36. The van der Waals surface area contributed by atoms with Crippen molar-refractivity contribution >= 4 is 37.6 Å². The van der Waals surface area contributed by atoms with Crippen molar-refractivity contribution in [2.45, 2.75) is 11.8 Å². The predicted molar refractivity (Wildman–Crippen MR) is 91.7 cm³/mol. The zero-order chi connectivity index (χ0) is 17.7. The minimum absolute atomic E-state index is 0.00509. The number of nitrogens with zero attached hydrogens (tertiary/aromatic N) is 1. The van der Waals surface area contributed by atoms with Crippen LogP contribution in [0.5, 0.6) is 0 Å². The van der Waals surface area contributed by atoms with Crippen LogP contribution < -0.4 is 4.31 Å². The van der Waals surface area contributed by atoms with E-state index in [1.54, 1.807) is 19.1 Å². The van der Waals surface area contributed by atoms with E-state index in [1.165, 1.54) is 24.3 Å². The second kappa shape index (κ2) is 7.76. The third-order valence-electron chi connectivity index (χ3n) is 3.08. The van der Waals surface area contributed by atoms with E-state index in [4.69, 9.17) is 4.74 Å². The van der Waals surface area contributed by atoms with Gasteiger partial charge in [-0.1, -0.05) is 22.0 Å². The van der Waals surface area contributed by atoms with Gasteiger partial charge in [-0.2, -0.15) is 0 Å². The van der Waals surface area contributed by atoms with Crippen LogP contribution in [0.3, 0.4) is 0 Å². The lowest BCUT2D eigenvalue weighted by atomic mass is 10.3. The Hall–Kier alpha value is -1.93. The Morgan fingerprint density at radius 1 is 1.21 bits per heavy atom. The summed E-state index contributed by atoms with van der Waals surface area (Å²) in [5.41, 5.74) is 0.171. The van der Waals surface area contributed by atoms with Gasteiger partial charge >= 0.3 is 5.97 Å². The van der Waals surface area contributed by atoms with Crippen LogP contribution in [0.4, 0.5) is 10.1 Å². The monoisotopic (exact) mass is 415 g/mol. The molecule has 0 amide bonds. The van der Waals surface area contributed by atoms with Crippen molar-refractivity contribution in [1.82, 2.24) is 0 Å².